The van der Waals surface area contributed by atoms with E-state index in [2.05, 4.69) is 21.9 Å². The Morgan fingerprint density at radius 1 is 1.14 bits per heavy atom. The molecule has 1 heterocycles. The summed E-state index contributed by atoms with van der Waals surface area (Å²) in [5, 5.41) is 0. The smallest absolute Gasteiger partial charge is 0.142 e. The molecule has 1 aromatic rings. The molecular formula is C17H29N3O. The van der Waals surface area contributed by atoms with E-state index in [4.69, 9.17) is 10.5 Å². The van der Waals surface area contributed by atoms with Gasteiger partial charge in [-0.3, -0.25) is 0 Å². The van der Waals surface area contributed by atoms with E-state index in [9.17, 15) is 0 Å². The van der Waals surface area contributed by atoms with Crippen LogP contribution in [0.25, 0.3) is 0 Å². The fraction of sp³-hybridized carbons (Fsp3) is 0.647. The fourth-order valence-electron chi connectivity index (χ4n) is 3.02. The number of rotatable bonds is 9. The number of nitrogens with zero attached hydrogens (tertiary/aromatic N) is 2. The van der Waals surface area contributed by atoms with Crippen molar-refractivity contribution in [2.24, 2.45) is 5.73 Å². The van der Waals surface area contributed by atoms with Gasteiger partial charge in [0.2, 0.25) is 0 Å². The number of benzene rings is 1. The molecule has 0 aliphatic carbocycles. The Bertz CT molecular complexity index is 405. The van der Waals surface area contributed by atoms with E-state index >= 15 is 0 Å². The highest BCUT2D eigenvalue weighted by atomic mass is 16.5. The molecule has 0 saturated carbocycles. The van der Waals surface area contributed by atoms with Gasteiger partial charge in [-0.25, -0.2) is 0 Å². The van der Waals surface area contributed by atoms with Gasteiger partial charge < -0.3 is 20.3 Å². The molecule has 0 bridgehead atoms. The Balaban J connectivity index is 1.92. The van der Waals surface area contributed by atoms with Gasteiger partial charge in [-0.2, -0.15) is 0 Å². The molecule has 0 radical (unpaired) electrons. The Hall–Kier alpha value is -1.26. The second-order valence-corrected chi connectivity index (χ2v) is 5.70. The SMILES string of the molecule is COc1ccccc1N(CCCN)CCCN1CCCC1. The van der Waals surface area contributed by atoms with Crippen molar-refractivity contribution in [2.75, 3.05) is 51.3 Å². The van der Waals surface area contributed by atoms with Gasteiger partial charge in [0.25, 0.3) is 0 Å². The highest BCUT2D eigenvalue weighted by Crippen LogP contribution is 2.27. The lowest BCUT2D eigenvalue weighted by molar-refractivity contribution is 0.334. The van der Waals surface area contributed by atoms with Crippen LogP contribution in [-0.2, 0) is 0 Å². The van der Waals surface area contributed by atoms with Gasteiger partial charge >= 0.3 is 0 Å². The van der Waals surface area contributed by atoms with Gasteiger partial charge in [-0.1, -0.05) is 12.1 Å². The summed E-state index contributed by atoms with van der Waals surface area (Å²) >= 11 is 0. The molecule has 1 aliphatic rings. The number of para-hydroxylation sites is 2. The molecule has 4 heteroatoms. The van der Waals surface area contributed by atoms with E-state index in [0.717, 1.165) is 31.8 Å². The van der Waals surface area contributed by atoms with Gasteiger partial charge in [0.05, 0.1) is 12.8 Å². The van der Waals surface area contributed by atoms with E-state index in [-0.39, 0.29) is 0 Å². The lowest BCUT2D eigenvalue weighted by atomic mass is 10.2. The van der Waals surface area contributed by atoms with Crippen LogP contribution in [0.1, 0.15) is 25.7 Å². The summed E-state index contributed by atoms with van der Waals surface area (Å²) in [4.78, 5) is 4.99. The minimum atomic E-state index is 0.734. The van der Waals surface area contributed by atoms with Crippen LogP contribution in [0.4, 0.5) is 5.69 Å². The molecular weight excluding hydrogens is 262 g/mol. The number of methoxy groups -OCH3 is 1. The minimum Gasteiger partial charge on any atom is -0.495 e. The highest BCUT2D eigenvalue weighted by Gasteiger charge is 2.14. The molecule has 2 rings (SSSR count). The van der Waals surface area contributed by atoms with E-state index in [1.807, 2.05) is 12.1 Å². The van der Waals surface area contributed by atoms with Crippen LogP contribution in [0.5, 0.6) is 5.75 Å². The first-order chi connectivity index (χ1) is 10.3. The number of likely N-dealkylation sites (tertiary alicyclic amines) is 1. The van der Waals surface area contributed by atoms with Gasteiger partial charge in [0.1, 0.15) is 5.75 Å². The van der Waals surface area contributed by atoms with Crippen LogP contribution in [0.15, 0.2) is 24.3 Å². The van der Waals surface area contributed by atoms with Gasteiger partial charge in [-0.05, 0) is 64.0 Å². The average molecular weight is 291 g/mol. The summed E-state index contributed by atoms with van der Waals surface area (Å²) in [6, 6.07) is 8.28. The monoisotopic (exact) mass is 291 g/mol. The summed E-state index contributed by atoms with van der Waals surface area (Å²) in [7, 11) is 1.74. The molecule has 1 aliphatic heterocycles. The van der Waals surface area contributed by atoms with E-state index in [1.165, 1.54) is 44.6 Å². The zero-order valence-corrected chi connectivity index (χ0v) is 13.3. The van der Waals surface area contributed by atoms with Gasteiger partial charge in [0.15, 0.2) is 0 Å². The molecule has 118 valence electrons. The molecule has 2 N–H and O–H groups in total. The summed E-state index contributed by atoms with van der Waals surface area (Å²) < 4.78 is 5.50. The number of hydrogen-bond acceptors (Lipinski definition) is 4. The Kier molecular flexibility index (Phi) is 6.83. The average Bonchev–Trinajstić information content (AvgIpc) is 3.04. The quantitative estimate of drug-likeness (QED) is 0.758. The van der Waals surface area contributed by atoms with Crippen molar-refractivity contribution in [1.29, 1.82) is 0 Å². The number of nitrogens with two attached hydrogens (primary N) is 1. The Morgan fingerprint density at radius 2 is 1.86 bits per heavy atom. The van der Waals surface area contributed by atoms with Crippen LogP contribution < -0.4 is 15.4 Å². The number of hydrogen-bond donors (Lipinski definition) is 1. The van der Waals surface area contributed by atoms with Crippen molar-refractivity contribution in [2.45, 2.75) is 25.7 Å². The third-order valence-electron chi connectivity index (χ3n) is 4.16. The molecule has 0 atom stereocenters. The molecule has 21 heavy (non-hydrogen) atoms. The number of ether oxygens (including phenoxy) is 1. The van der Waals surface area contributed by atoms with Crippen LogP contribution in [0, 0.1) is 0 Å². The predicted octanol–water partition coefficient (Wildman–Crippen LogP) is 2.34. The van der Waals surface area contributed by atoms with Crippen molar-refractivity contribution >= 4 is 5.69 Å². The first-order valence-electron chi connectivity index (χ1n) is 8.15. The first kappa shape index (κ1) is 16.1. The first-order valence-corrected chi connectivity index (χ1v) is 8.15. The van der Waals surface area contributed by atoms with Crippen LogP contribution in [-0.4, -0.2) is 51.3 Å². The third-order valence-corrected chi connectivity index (χ3v) is 4.16. The summed E-state index contributed by atoms with van der Waals surface area (Å²) in [6.45, 7) is 6.55. The Labute approximate surface area is 128 Å². The Morgan fingerprint density at radius 3 is 2.57 bits per heavy atom. The van der Waals surface area contributed by atoms with Crippen LogP contribution in [0.3, 0.4) is 0 Å². The van der Waals surface area contributed by atoms with Crippen molar-refractivity contribution in [3.05, 3.63) is 24.3 Å². The molecule has 0 unspecified atom stereocenters. The lowest BCUT2D eigenvalue weighted by Gasteiger charge is -2.27. The zero-order chi connectivity index (χ0) is 14.9. The van der Waals surface area contributed by atoms with Crippen LogP contribution in [0.2, 0.25) is 0 Å². The van der Waals surface area contributed by atoms with Crippen molar-refractivity contribution in [3.63, 3.8) is 0 Å². The maximum Gasteiger partial charge on any atom is 0.142 e. The molecule has 0 aromatic heterocycles. The largest absolute Gasteiger partial charge is 0.495 e. The fourth-order valence-corrected chi connectivity index (χ4v) is 3.02. The second-order valence-electron chi connectivity index (χ2n) is 5.70. The van der Waals surface area contributed by atoms with E-state index < -0.39 is 0 Å². The second kappa shape index (κ2) is 8.90. The topological polar surface area (TPSA) is 41.7 Å². The van der Waals surface area contributed by atoms with Crippen molar-refractivity contribution < 1.29 is 4.74 Å². The normalized spacial score (nSPS) is 15.3. The maximum absolute atomic E-state index is 5.69. The highest BCUT2D eigenvalue weighted by molar-refractivity contribution is 5.58. The summed E-state index contributed by atoms with van der Waals surface area (Å²) in [5.41, 5.74) is 6.88. The van der Waals surface area contributed by atoms with Gasteiger partial charge in [-0.15, -0.1) is 0 Å². The number of anilines is 1. The molecule has 1 aromatic carbocycles. The zero-order valence-electron chi connectivity index (χ0n) is 13.3. The van der Waals surface area contributed by atoms with Crippen LogP contribution >= 0.6 is 0 Å². The molecule has 1 fully saturated rings. The molecule has 1 saturated heterocycles. The molecule has 0 spiro atoms. The lowest BCUT2D eigenvalue weighted by Crippen LogP contribution is -2.30. The molecule has 4 nitrogen and oxygen atoms in total. The summed E-state index contributed by atoms with van der Waals surface area (Å²) in [5.74, 6) is 0.954. The van der Waals surface area contributed by atoms with E-state index in [0.29, 0.717) is 0 Å². The molecule has 0 amide bonds. The predicted molar refractivity (Wildman–Crippen MR) is 89.2 cm³/mol. The third kappa shape index (κ3) is 4.90. The van der Waals surface area contributed by atoms with Crippen molar-refractivity contribution in [1.82, 2.24) is 4.90 Å². The standard InChI is InChI=1S/C17H29N3O/c1-21-17-9-3-2-8-16(17)20(14-6-10-18)15-7-13-19-11-4-5-12-19/h2-3,8-9H,4-7,10-15,18H2,1H3. The van der Waals surface area contributed by atoms with Gasteiger partial charge in [0, 0.05) is 13.1 Å². The van der Waals surface area contributed by atoms with E-state index in [1.54, 1.807) is 7.11 Å². The minimum absolute atomic E-state index is 0.734. The summed E-state index contributed by atoms with van der Waals surface area (Å²) in [6.07, 6.45) is 4.94. The maximum atomic E-state index is 5.69. The van der Waals surface area contributed by atoms with Crippen molar-refractivity contribution in [3.8, 4) is 5.75 Å².